The lowest BCUT2D eigenvalue weighted by atomic mass is 9.49. The van der Waals surface area contributed by atoms with Crippen LogP contribution in [-0.2, 0) is 4.79 Å². The lowest BCUT2D eigenvalue weighted by Gasteiger charge is -2.56. The van der Waals surface area contributed by atoms with Crippen LogP contribution >= 0.6 is 0 Å². The van der Waals surface area contributed by atoms with Crippen LogP contribution < -0.4 is 10.9 Å². The summed E-state index contributed by atoms with van der Waals surface area (Å²) in [6.07, 6.45) is 8.27. The molecule has 0 heterocycles. The summed E-state index contributed by atoms with van der Waals surface area (Å²) in [7, 11) is 0. The van der Waals surface area contributed by atoms with E-state index in [2.05, 4.69) is 10.9 Å². The summed E-state index contributed by atoms with van der Waals surface area (Å²) in [6.45, 7) is 0. The van der Waals surface area contributed by atoms with E-state index in [1.54, 1.807) is 6.07 Å². The summed E-state index contributed by atoms with van der Waals surface area (Å²) in [6, 6.07) is 13.5. The van der Waals surface area contributed by atoms with Crippen molar-refractivity contribution in [1.82, 2.24) is 10.9 Å². The van der Waals surface area contributed by atoms with Crippen LogP contribution in [0, 0.1) is 23.2 Å². The van der Waals surface area contributed by atoms with Gasteiger partial charge in [0, 0.05) is 12.0 Å². The van der Waals surface area contributed by atoms with E-state index in [0.717, 1.165) is 28.5 Å². The minimum Gasteiger partial charge on any atom is -0.273 e. The normalized spacial score (nSPS) is 31.0. The Kier molecular flexibility index (Phi) is 3.96. The number of hydrazine groups is 1. The molecule has 2 N–H and O–H groups in total. The lowest BCUT2D eigenvalue weighted by molar-refractivity contribution is -0.130. The van der Waals surface area contributed by atoms with Crippen LogP contribution in [0.25, 0.3) is 10.8 Å². The molecule has 0 saturated heterocycles. The highest BCUT2D eigenvalue weighted by atomic mass is 16.2. The predicted octanol–water partition coefficient (Wildman–Crippen LogP) is 4.21. The number of benzene rings is 2. The van der Waals surface area contributed by atoms with Crippen molar-refractivity contribution in [1.29, 1.82) is 0 Å². The molecule has 140 valence electrons. The standard InChI is InChI=1S/C23H26N2O2/c26-21(14-23-11-15-7-16(12-23)9-17(8-15)13-23)24-25-22(27)20-6-5-18-3-1-2-4-19(18)10-20/h1-6,10,15-17H,7-9,11-14H2,(H,24,26)(H,25,27). The Balaban J connectivity index is 1.21. The van der Waals surface area contributed by atoms with Crippen molar-refractivity contribution in [2.24, 2.45) is 23.2 Å². The second-order valence-electron chi connectivity index (χ2n) is 9.16. The molecule has 4 nitrogen and oxygen atoms in total. The lowest BCUT2D eigenvalue weighted by Crippen LogP contribution is -2.50. The van der Waals surface area contributed by atoms with E-state index in [4.69, 9.17) is 0 Å². The maximum absolute atomic E-state index is 12.5. The fourth-order valence-corrected chi connectivity index (χ4v) is 6.42. The molecule has 0 unspecified atom stereocenters. The third kappa shape index (κ3) is 3.22. The molecule has 27 heavy (non-hydrogen) atoms. The maximum Gasteiger partial charge on any atom is 0.269 e. The van der Waals surface area contributed by atoms with E-state index in [1.165, 1.54) is 38.5 Å². The average Bonchev–Trinajstić information content (AvgIpc) is 2.64. The van der Waals surface area contributed by atoms with Crippen molar-refractivity contribution in [2.45, 2.75) is 44.9 Å². The Labute approximate surface area is 159 Å². The van der Waals surface area contributed by atoms with E-state index in [9.17, 15) is 9.59 Å². The van der Waals surface area contributed by atoms with Gasteiger partial charge in [-0.25, -0.2) is 0 Å². The van der Waals surface area contributed by atoms with Gasteiger partial charge in [0.2, 0.25) is 5.91 Å². The molecule has 2 aromatic carbocycles. The molecule has 4 aliphatic rings. The molecular formula is C23H26N2O2. The van der Waals surface area contributed by atoms with Crippen molar-refractivity contribution < 1.29 is 9.59 Å². The third-order valence-electron chi connectivity index (χ3n) is 7.03. The molecule has 2 amide bonds. The van der Waals surface area contributed by atoms with Gasteiger partial charge in [-0.3, -0.25) is 20.4 Å². The number of hydrogen-bond acceptors (Lipinski definition) is 2. The van der Waals surface area contributed by atoms with Crippen LogP contribution in [0.5, 0.6) is 0 Å². The van der Waals surface area contributed by atoms with Crippen LogP contribution in [0.15, 0.2) is 42.5 Å². The predicted molar refractivity (Wildman–Crippen MR) is 105 cm³/mol. The zero-order valence-corrected chi connectivity index (χ0v) is 15.5. The van der Waals surface area contributed by atoms with E-state index >= 15 is 0 Å². The molecule has 6 rings (SSSR count). The second-order valence-corrected chi connectivity index (χ2v) is 9.16. The Bertz CT molecular complexity index is 869. The molecule has 0 atom stereocenters. The fourth-order valence-electron chi connectivity index (χ4n) is 6.42. The molecule has 4 heteroatoms. The zero-order valence-electron chi connectivity index (χ0n) is 15.5. The van der Waals surface area contributed by atoms with Gasteiger partial charge in [-0.2, -0.15) is 0 Å². The first-order valence-electron chi connectivity index (χ1n) is 10.2. The highest BCUT2D eigenvalue weighted by Crippen LogP contribution is 2.61. The van der Waals surface area contributed by atoms with Gasteiger partial charge in [-0.15, -0.1) is 0 Å². The number of carbonyl (C=O) groups is 2. The van der Waals surface area contributed by atoms with Crippen LogP contribution in [0.1, 0.15) is 55.3 Å². The van der Waals surface area contributed by atoms with Crippen molar-refractivity contribution in [3.05, 3.63) is 48.0 Å². The molecule has 0 radical (unpaired) electrons. The molecular weight excluding hydrogens is 336 g/mol. The van der Waals surface area contributed by atoms with E-state index in [-0.39, 0.29) is 17.2 Å². The number of rotatable bonds is 3. The van der Waals surface area contributed by atoms with Crippen LogP contribution in [-0.4, -0.2) is 11.8 Å². The highest BCUT2D eigenvalue weighted by Gasteiger charge is 2.51. The van der Waals surface area contributed by atoms with Crippen LogP contribution in [0.4, 0.5) is 0 Å². The molecule has 2 aromatic rings. The molecule has 0 spiro atoms. The molecule has 4 aliphatic carbocycles. The van der Waals surface area contributed by atoms with Gasteiger partial charge in [0.1, 0.15) is 0 Å². The SMILES string of the molecule is O=C(CC12CC3CC(CC(C3)C1)C2)NNC(=O)c1ccc2ccccc2c1. The highest BCUT2D eigenvalue weighted by molar-refractivity contribution is 5.99. The van der Waals surface area contributed by atoms with E-state index in [1.807, 2.05) is 36.4 Å². The maximum atomic E-state index is 12.5. The van der Waals surface area contributed by atoms with Crippen molar-refractivity contribution >= 4 is 22.6 Å². The minimum absolute atomic E-state index is 0.0499. The Hall–Kier alpha value is -2.36. The van der Waals surface area contributed by atoms with Crippen molar-refractivity contribution in [3.8, 4) is 0 Å². The molecule has 4 fully saturated rings. The van der Waals surface area contributed by atoms with Crippen molar-refractivity contribution in [2.75, 3.05) is 0 Å². The second kappa shape index (κ2) is 6.36. The summed E-state index contributed by atoms with van der Waals surface area (Å²) in [5.74, 6) is 2.18. The number of carbonyl (C=O) groups excluding carboxylic acids is 2. The van der Waals surface area contributed by atoms with Gasteiger partial charge in [-0.05, 0) is 84.6 Å². The quantitative estimate of drug-likeness (QED) is 0.804. The van der Waals surface area contributed by atoms with Crippen LogP contribution in [0.3, 0.4) is 0 Å². The molecule has 0 aliphatic heterocycles. The van der Waals surface area contributed by atoms with E-state index in [0.29, 0.717) is 12.0 Å². The Morgan fingerprint density at radius 1 is 0.852 bits per heavy atom. The van der Waals surface area contributed by atoms with E-state index < -0.39 is 0 Å². The average molecular weight is 362 g/mol. The minimum atomic E-state index is -0.264. The van der Waals surface area contributed by atoms with Gasteiger partial charge in [0.05, 0.1) is 0 Å². The number of amides is 2. The number of fused-ring (bicyclic) bond motifs is 1. The third-order valence-corrected chi connectivity index (χ3v) is 7.03. The smallest absolute Gasteiger partial charge is 0.269 e. The zero-order chi connectivity index (χ0) is 18.4. The van der Waals surface area contributed by atoms with Gasteiger partial charge >= 0.3 is 0 Å². The summed E-state index contributed by atoms with van der Waals surface area (Å²) in [5.41, 5.74) is 6.02. The van der Waals surface area contributed by atoms with Crippen molar-refractivity contribution in [3.63, 3.8) is 0 Å². The van der Waals surface area contributed by atoms with Gasteiger partial charge in [0.25, 0.3) is 5.91 Å². The summed E-state index contributed by atoms with van der Waals surface area (Å²) in [4.78, 5) is 25.0. The number of hydrogen-bond donors (Lipinski definition) is 2. The number of nitrogens with one attached hydrogen (secondary N) is 2. The first kappa shape index (κ1) is 16.8. The van der Waals surface area contributed by atoms with Gasteiger partial charge < -0.3 is 0 Å². The van der Waals surface area contributed by atoms with Gasteiger partial charge in [-0.1, -0.05) is 30.3 Å². The summed E-state index contributed by atoms with van der Waals surface area (Å²) >= 11 is 0. The largest absolute Gasteiger partial charge is 0.273 e. The fraction of sp³-hybridized carbons (Fsp3) is 0.478. The molecule has 4 bridgehead atoms. The topological polar surface area (TPSA) is 58.2 Å². The first-order valence-corrected chi connectivity index (χ1v) is 10.2. The monoisotopic (exact) mass is 362 g/mol. The summed E-state index contributed by atoms with van der Waals surface area (Å²) < 4.78 is 0. The molecule has 0 aromatic heterocycles. The molecule has 4 saturated carbocycles. The first-order chi connectivity index (χ1) is 13.1. The van der Waals surface area contributed by atoms with Gasteiger partial charge in [0.15, 0.2) is 0 Å². The Morgan fingerprint density at radius 2 is 1.48 bits per heavy atom. The van der Waals surface area contributed by atoms with Crippen LogP contribution in [0.2, 0.25) is 0 Å². The Morgan fingerprint density at radius 3 is 2.15 bits per heavy atom. The summed E-state index contributed by atoms with van der Waals surface area (Å²) in [5, 5.41) is 2.12.